The third kappa shape index (κ3) is 3.38. The molecule has 1 rings (SSSR count). The zero-order chi connectivity index (χ0) is 11.5. The van der Waals surface area contributed by atoms with Crippen molar-refractivity contribution in [2.45, 2.75) is 5.75 Å². The van der Waals surface area contributed by atoms with Gasteiger partial charge in [-0.3, -0.25) is 0 Å². The molecule has 1 aromatic rings. The summed E-state index contributed by atoms with van der Waals surface area (Å²) in [5.41, 5.74) is 0.344. The summed E-state index contributed by atoms with van der Waals surface area (Å²) >= 11 is 11.6. The Labute approximate surface area is 98.2 Å². The molecule has 0 unspecified atom stereocenters. The van der Waals surface area contributed by atoms with Gasteiger partial charge in [-0.05, 0) is 12.1 Å². The lowest BCUT2D eigenvalue weighted by atomic mass is 10.2. The lowest BCUT2D eigenvalue weighted by Gasteiger charge is -2.05. The number of nitrogens with zero attached hydrogens (tertiary/aromatic N) is 1. The molecule has 0 aliphatic heterocycles. The van der Waals surface area contributed by atoms with Crippen LogP contribution in [-0.2, 0) is 15.6 Å². The smallest absolute Gasteiger partial charge is 0.167 e. The highest BCUT2D eigenvalue weighted by molar-refractivity contribution is 7.90. The Hall–Kier alpha value is -0.760. The normalized spacial score (nSPS) is 11.0. The molecule has 0 aliphatic carbocycles. The van der Waals surface area contributed by atoms with Crippen LogP contribution < -0.4 is 0 Å². The Kier molecular flexibility index (Phi) is 3.97. The highest BCUT2D eigenvalue weighted by atomic mass is 35.5. The van der Waals surface area contributed by atoms with Crippen LogP contribution in [0.5, 0.6) is 0 Å². The second-order valence-corrected chi connectivity index (χ2v) is 5.77. The maximum Gasteiger partial charge on any atom is 0.167 e. The van der Waals surface area contributed by atoms with Gasteiger partial charge in [0.15, 0.2) is 9.84 Å². The Balaban J connectivity index is 3.06. The van der Waals surface area contributed by atoms with Gasteiger partial charge in [0.25, 0.3) is 0 Å². The van der Waals surface area contributed by atoms with Gasteiger partial charge in [-0.25, -0.2) is 8.42 Å². The van der Waals surface area contributed by atoms with Crippen molar-refractivity contribution in [3.05, 3.63) is 33.8 Å². The fourth-order valence-corrected chi connectivity index (χ4v) is 2.78. The molecule has 80 valence electrons. The fraction of sp³-hybridized carbons (Fsp3) is 0.222. The highest BCUT2D eigenvalue weighted by Gasteiger charge is 2.16. The average molecular weight is 264 g/mol. The van der Waals surface area contributed by atoms with E-state index in [1.54, 1.807) is 24.3 Å². The van der Waals surface area contributed by atoms with Crippen LogP contribution in [0.25, 0.3) is 0 Å². The minimum atomic E-state index is -3.46. The number of benzene rings is 1. The van der Waals surface area contributed by atoms with E-state index in [9.17, 15) is 8.42 Å². The molecule has 0 heterocycles. The summed E-state index contributed by atoms with van der Waals surface area (Å²) < 4.78 is 22.7. The number of sulfone groups is 1. The molecule has 0 atom stereocenters. The van der Waals surface area contributed by atoms with Crippen molar-refractivity contribution in [1.82, 2.24) is 0 Å². The number of hydrogen-bond acceptors (Lipinski definition) is 3. The van der Waals surface area contributed by atoms with E-state index in [1.807, 2.05) is 0 Å². The maximum atomic E-state index is 11.4. The SMILES string of the molecule is N#CCS(=O)(=O)Cc1c(Cl)cccc1Cl. The maximum absolute atomic E-state index is 11.4. The van der Waals surface area contributed by atoms with Crippen LogP contribution in [0.15, 0.2) is 18.2 Å². The van der Waals surface area contributed by atoms with E-state index >= 15 is 0 Å². The van der Waals surface area contributed by atoms with E-state index in [-0.39, 0.29) is 5.75 Å². The first kappa shape index (κ1) is 12.3. The molecule has 0 saturated heterocycles. The standard InChI is InChI=1S/C9H7Cl2NO2S/c10-8-2-1-3-9(11)7(8)6-15(13,14)5-4-12/h1-3H,5-6H2. The first-order valence-corrected chi connectivity index (χ1v) is 6.54. The Morgan fingerprint density at radius 3 is 2.27 bits per heavy atom. The predicted octanol–water partition coefficient (Wildman–Crippen LogP) is 2.43. The molecular formula is C9H7Cl2NO2S. The molecular weight excluding hydrogens is 257 g/mol. The van der Waals surface area contributed by atoms with Crippen molar-refractivity contribution < 1.29 is 8.42 Å². The summed E-state index contributed by atoms with van der Waals surface area (Å²) in [6.45, 7) is 0. The van der Waals surface area contributed by atoms with Gasteiger partial charge in [-0.15, -0.1) is 0 Å². The molecule has 0 aliphatic rings. The lowest BCUT2D eigenvalue weighted by molar-refractivity contribution is 0.598. The van der Waals surface area contributed by atoms with Crippen molar-refractivity contribution in [3.8, 4) is 6.07 Å². The number of hydrogen-bond donors (Lipinski definition) is 0. The third-order valence-electron chi connectivity index (χ3n) is 1.71. The van der Waals surface area contributed by atoms with Crippen molar-refractivity contribution >= 4 is 33.0 Å². The summed E-state index contributed by atoms with van der Waals surface area (Å²) in [5.74, 6) is -0.840. The van der Waals surface area contributed by atoms with E-state index in [4.69, 9.17) is 28.5 Å². The van der Waals surface area contributed by atoms with Crippen LogP contribution in [-0.4, -0.2) is 14.2 Å². The van der Waals surface area contributed by atoms with Crippen LogP contribution >= 0.6 is 23.2 Å². The van der Waals surface area contributed by atoms with Crippen LogP contribution in [0.4, 0.5) is 0 Å². The number of nitriles is 1. The topological polar surface area (TPSA) is 57.9 Å². The summed E-state index contributed by atoms with van der Waals surface area (Å²) in [7, 11) is -3.46. The Morgan fingerprint density at radius 2 is 1.80 bits per heavy atom. The molecule has 0 saturated carbocycles. The van der Waals surface area contributed by atoms with Gasteiger partial charge in [0, 0.05) is 15.6 Å². The van der Waals surface area contributed by atoms with Crippen LogP contribution in [0.3, 0.4) is 0 Å². The van der Waals surface area contributed by atoms with Gasteiger partial charge < -0.3 is 0 Å². The second-order valence-electron chi connectivity index (χ2n) is 2.89. The molecule has 0 fully saturated rings. The van der Waals surface area contributed by atoms with E-state index in [1.165, 1.54) is 0 Å². The van der Waals surface area contributed by atoms with Gasteiger partial charge in [0.2, 0.25) is 0 Å². The van der Waals surface area contributed by atoms with E-state index in [0.717, 1.165) is 0 Å². The van der Waals surface area contributed by atoms with Gasteiger partial charge in [-0.2, -0.15) is 5.26 Å². The molecule has 0 bridgehead atoms. The molecule has 3 nitrogen and oxygen atoms in total. The molecule has 15 heavy (non-hydrogen) atoms. The van der Waals surface area contributed by atoms with Crippen LogP contribution in [0.1, 0.15) is 5.56 Å². The predicted molar refractivity (Wildman–Crippen MR) is 59.6 cm³/mol. The van der Waals surface area contributed by atoms with E-state index in [2.05, 4.69) is 0 Å². The molecule has 0 amide bonds. The third-order valence-corrected chi connectivity index (χ3v) is 3.72. The number of rotatable bonds is 3. The first-order valence-electron chi connectivity index (χ1n) is 3.96. The average Bonchev–Trinajstić information content (AvgIpc) is 2.11. The largest absolute Gasteiger partial charge is 0.227 e. The van der Waals surface area contributed by atoms with E-state index in [0.29, 0.717) is 15.6 Å². The number of halogens is 2. The zero-order valence-corrected chi connectivity index (χ0v) is 9.90. The van der Waals surface area contributed by atoms with Crippen molar-refractivity contribution in [1.29, 1.82) is 5.26 Å². The lowest BCUT2D eigenvalue weighted by Crippen LogP contribution is -2.08. The van der Waals surface area contributed by atoms with Crippen molar-refractivity contribution in [2.75, 3.05) is 5.75 Å². The molecule has 0 aromatic heterocycles. The summed E-state index contributed by atoms with van der Waals surface area (Å²) in [6.07, 6.45) is 0. The minimum absolute atomic E-state index is 0.295. The molecule has 0 radical (unpaired) electrons. The minimum Gasteiger partial charge on any atom is -0.227 e. The van der Waals surface area contributed by atoms with Gasteiger partial charge in [0.1, 0.15) is 5.75 Å². The van der Waals surface area contributed by atoms with E-state index < -0.39 is 15.6 Å². The monoisotopic (exact) mass is 263 g/mol. The van der Waals surface area contributed by atoms with Crippen molar-refractivity contribution in [3.63, 3.8) is 0 Å². The van der Waals surface area contributed by atoms with Crippen LogP contribution in [0, 0.1) is 11.3 Å². The highest BCUT2D eigenvalue weighted by Crippen LogP contribution is 2.26. The second kappa shape index (κ2) is 4.84. The Morgan fingerprint density at radius 1 is 1.27 bits per heavy atom. The summed E-state index contributed by atoms with van der Waals surface area (Å²) in [5, 5.41) is 8.91. The summed E-state index contributed by atoms with van der Waals surface area (Å²) in [4.78, 5) is 0. The molecule has 6 heteroatoms. The quantitative estimate of drug-likeness (QED) is 0.842. The summed E-state index contributed by atoms with van der Waals surface area (Å²) in [6, 6.07) is 6.34. The molecule has 0 spiro atoms. The Bertz CT molecular complexity index is 485. The first-order chi connectivity index (χ1) is 6.96. The van der Waals surface area contributed by atoms with Crippen molar-refractivity contribution in [2.24, 2.45) is 0 Å². The van der Waals surface area contributed by atoms with Gasteiger partial charge in [0.05, 0.1) is 11.8 Å². The molecule has 0 N–H and O–H groups in total. The zero-order valence-electron chi connectivity index (χ0n) is 7.57. The van der Waals surface area contributed by atoms with Crippen LogP contribution in [0.2, 0.25) is 10.0 Å². The fourth-order valence-electron chi connectivity index (χ4n) is 1.04. The molecule has 1 aromatic carbocycles. The van der Waals surface area contributed by atoms with Gasteiger partial charge in [-0.1, -0.05) is 29.3 Å². The van der Waals surface area contributed by atoms with Gasteiger partial charge >= 0.3 is 0 Å².